The van der Waals surface area contributed by atoms with Crippen LogP contribution in [0.5, 0.6) is 0 Å². The van der Waals surface area contributed by atoms with Gasteiger partial charge in [0.2, 0.25) is 0 Å². The molecule has 0 N–H and O–H groups in total. The fourth-order valence-corrected chi connectivity index (χ4v) is 0.829. The second kappa shape index (κ2) is 7.94. The molecule has 0 radical (unpaired) electrons. The fraction of sp³-hybridized carbons (Fsp3) is 0.455. The minimum atomic E-state index is 0.950. The summed E-state index contributed by atoms with van der Waals surface area (Å²) in [6.07, 6.45) is 5.06. The Morgan fingerprint density at radius 3 is 2.25 bits per heavy atom. The maximum atomic E-state index is 3.02. The van der Waals surface area contributed by atoms with E-state index in [1.165, 1.54) is 0 Å². The number of hydrogen-bond acceptors (Lipinski definition) is 0. The van der Waals surface area contributed by atoms with E-state index in [-0.39, 0.29) is 0 Å². The predicted octanol–water partition coefficient (Wildman–Crippen LogP) is 2.93. The number of aryl methyl sites for hydroxylation is 1. The van der Waals surface area contributed by atoms with Gasteiger partial charge >= 0.3 is 0 Å². The van der Waals surface area contributed by atoms with Gasteiger partial charge in [-0.15, -0.1) is 11.8 Å². The summed E-state index contributed by atoms with van der Waals surface area (Å²) in [7, 11) is 0. The van der Waals surface area contributed by atoms with Crippen LogP contribution in [-0.4, -0.2) is 4.57 Å². The highest BCUT2D eigenvalue weighted by Gasteiger charge is 1.83. The SMILES string of the molecule is CC.CC#CCCn1cccc1. The van der Waals surface area contributed by atoms with Crippen molar-refractivity contribution in [2.24, 2.45) is 0 Å². The maximum absolute atomic E-state index is 3.02. The third-order valence-corrected chi connectivity index (χ3v) is 1.34. The molecule has 12 heavy (non-hydrogen) atoms. The third-order valence-electron chi connectivity index (χ3n) is 1.34. The Morgan fingerprint density at radius 2 is 1.75 bits per heavy atom. The first-order chi connectivity index (χ1) is 5.93. The third kappa shape index (κ3) is 4.62. The van der Waals surface area contributed by atoms with Crippen LogP contribution < -0.4 is 0 Å². The highest BCUT2D eigenvalue weighted by atomic mass is 14.9. The summed E-state index contributed by atoms with van der Waals surface area (Å²) < 4.78 is 2.13. The molecule has 0 aliphatic rings. The van der Waals surface area contributed by atoms with Crippen molar-refractivity contribution in [3.8, 4) is 11.8 Å². The average molecular weight is 163 g/mol. The van der Waals surface area contributed by atoms with E-state index in [1.54, 1.807) is 0 Å². The van der Waals surface area contributed by atoms with Gasteiger partial charge in [-0.25, -0.2) is 0 Å². The molecule has 1 aromatic rings. The molecule has 1 heterocycles. The largest absolute Gasteiger partial charge is 0.353 e. The van der Waals surface area contributed by atoms with Crippen molar-refractivity contribution in [3.63, 3.8) is 0 Å². The fourth-order valence-electron chi connectivity index (χ4n) is 0.829. The quantitative estimate of drug-likeness (QED) is 0.591. The minimum absolute atomic E-state index is 0.950. The second-order valence-corrected chi connectivity index (χ2v) is 2.10. The lowest BCUT2D eigenvalue weighted by atomic mass is 10.4. The molecule has 0 amide bonds. The molecule has 0 saturated heterocycles. The van der Waals surface area contributed by atoms with Gasteiger partial charge in [0.1, 0.15) is 0 Å². The standard InChI is InChI=1S/C9H11N.C2H6/c1-2-3-4-7-10-8-5-6-9-10;1-2/h5-6,8-9H,4,7H2,1H3;1-2H3. The molecule has 66 valence electrons. The monoisotopic (exact) mass is 163 g/mol. The van der Waals surface area contributed by atoms with Crippen LogP contribution in [0.4, 0.5) is 0 Å². The van der Waals surface area contributed by atoms with E-state index in [4.69, 9.17) is 0 Å². The molecule has 1 heteroatoms. The van der Waals surface area contributed by atoms with Crippen LogP contribution in [0.15, 0.2) is 24.5 Å². The lowest BCUT2D eigenvalue weighted by molar-refractivity contribution is 0.724. The van der Waals surface area contributed by atoms with Crippen LogP contribution in [0.2, 0.25) is 0 Å². The van der Waals surface area contributed by atoms with Gasteiger partial charge < -0.3 is 4.57 Å². The molecular weight excluding hydrogens is 146 g/mol. The van der Waals surface area contributed by atoms with E-state index >= 15 is 0 Å². The number of nitrogens with zero attached hydrogens (tertiary/aromatic N) is 1. The van der Waals surface area contributed by atoms with Crippen molar-refractivity contribution >= 4 is 0 Å². The van der Waals surface area contributed by atoms with Crippen LogP contribution in [0.25, 0.3) is 0 Å². The molecule has 0 bridgehead atoms. The Balaban J connectivity index is 0.000000561. The van der Waals surface area contributed by atoms with Crippen molar-refractivity contribution in [2.45, 2.75) is 33.7 Å². The van der Waals surface area contributed by atoms with Gasteiger partial charge in [-0.3, -0.25) is 0 Å². The van der Waals surface area contributed by atoms with Crippen LogP contribution in [0, 0.1) is 11.8 Å². The van der Waals surface area contributed by atoms with Crippen LogP contribution >= 0.6 is 0 Å². The molecule has 0 aromatic carbocycles. The molecule has 0 aliphatic carbocycles. The van der Waals surface area contributed by atoms with Crippen molar-refractivity contribution < 1.29 is 0 Å². The number of rotatable bonds is 2. The number of aromatic nitrogens is 1. The Morgan fingerprint density at radius 1 is 1.17 bits per heavy atom. The molecule has 1 aromatic heterocycles. The van der Waals surface area contributed by atoms with E-state index < -0.39 is 0 Å². The Bertz CT molecular complexity index is 223. The van der Waals surface area contributed by atoms with Gasteiger partial charge in [0.25, 0.3) is 0 Å². The van der Waals surface area contributed by atoms with E-state index in [9.17, 15) is 0 Å². The van der Waals surface area contributed by atoms with Gasteiger partial charge in [0.05, 0.1) is 0 Å². The van der Waals surface area contributed by atoms with E-state index in [1.807, 2.05) is 32.9 Å². The molecule has 0 fully saturated rings. The van der Waals surface area contributed by atoms with Crippen molar-refractivity contribution in [3.05, 3.63) is 24.5 Å². The Kier molecular flexibility index (Phi) is 7.17. The second-order valence-electron chi connectivity index (χ2n) is 2.10. The molecule has 0 saturated carbocycles. The summed E-state index contributed by atoms with van der Waals surface area (Å²) in [6.45, 7) is 6.88. The average Bonchev–Trinajstić information content (AvgIpc) is 2.61. The highest BCUT2D eigenvalue weighted by molar-refractivity contribution is 4.96. The Labute approximate surface area is 75.4 Å². The van der Waals surface area contributed by atoms with Gasteiger partial charge in [-0.05, 0) is 19.1 Å². The summed E-state index contributed by atoms with van der Waals surface area (Å²) in [6, 6.07) is 4.05. The maximum Gasteiger partial charge on any atom is 0.0329 e. The van der Waals surface area contributed by atoms with Crippen molar-refractivity contribution in [1.82, 2.24) is 4.57 Å². The molecule has 0 aliphatic heterocycles. The van der Waals surface area contributed by atoms with Crippen molar-refractivity contribution in [1.29, 1.82) is 0 Å². The normalized spacial score (nSPS) is 7.58. The summed E-state index contributed by atoms with van der Waals surface area (Å²) in [5.74, 6) is 5.88. The molecular formula is C11H17N. The van der Waals surface area contributed by atoms with Crippen LogP contribution in [0.1, 0.15) is 27.2 Å². The molecule has 1 rings (SSSR count). The predicted molar refractivity (Wildman–Crippen MR) is 53.8 cm³/mol. The highest BCUT2D eigenvalue weighted by Crippen LogP contribution is 1.91. The first-order valence-electron chi connectivity index (χ1n) is 4.44. The molecule has 0 atom stereocenters. The summed E-state index contributed by atoms with van der Waals surface area (Å²) >= 11 is 0. The first-order valence-corrected chi connectivity index (χ1v) is 4.44. The van der Waals surface area contributed by atoms with E-state index in [2.05, 4.69) is 28.8 Å². The smallest absolute Gasteiger partial charge is 0.0329 e. The zero-order chi connectivity index (χ0) is 9.23. The summed E-state index contributed by atoms with van der Waals surface area (Å²) in [5.41, 5.74) is 0. The lowest BCUT2D eigenvalue weighted by Crippen LogP contribution is -1.91. The number of hydrogen-bond donors (Lipinski definition) is 0. The van der Waals surface area contributed by atoms with Crippen LogP contribution in [0.3, 0.4) is 0 Å². The van der Waals surface area contributed by atoms with Crippen LogP contribution in [-0.2, 0) is 6.54 Å². The lowest BCUT2D eigenvalue weighted by Gasteiger charge is -1.94. The minimum Gasteiger partial charge on any atom is -0.353 e. The van der Waals surface area contributed by atoms with Gasteiger partial charge in [-0.2, -0.15) is 0 Å². The van der Waals surface area contributed by atoms with Gasteiger partial charge in [-0.1, -0.05) is 13.8 Å². The van der Waals surface area contributed by atoms with E-state index in [0.29, 0.717) is 0 Å². The van der Waals surface area contributed by atoms with Crippen molar-refractivity contribution in [2.75, 3.05) is 0 Å². The zero-order valence-electron chi connectivity index (χ0n) is 8.17. The Hall–Kier alpha value is -1.16. The van der Waals surface area contributed by atoms with Gasteiger partial charge in [0, 0.05) is 25.4 Å². The summed E-state index contributed by atoms with van der Waals surface area (Å²) in [5, 5.41) is 0. The topological polar surface area (TPSA) is 4.93 Å². The van der Waals surface area contributed by atoms with Gasteiger partial charge in [0.15, 0.2) is 0 Å². The molecule has 0 spiro atoms. The van der Waals surface area contributed by atoms with E-state index in [0.717, 1.165) is 13.0 Å². The molecule has 0 unspecified atom stereocenters. The molecule has 1 nitrogen and oxygen atoms in total. The first kappa shape index (κ1) is 10.8. The summed E-state index contributed by atoms with van der Waals surface area (Å²) in [4.78, 5) is 0. The zero-order valence-corrected chi connectivity index (χ0v) is 8.17.